The monoisotopic (exact) mass is 290 g/mol. The van der Waals surface area contributed by atoms with Crippen LogP contribution in [0, 0.1) is 18.4 Å². The highest BCUT2D eigenvalue weighted by molar-refractivity contribution is 5.41. The van der Waals surface area contributed by atoms with E-state index in [-0.39, 0.29) is 23.5 Å². The number of nitriles is 1. The van der Waals surface area contributed by atoms with Gasteiger partial charge in [-0.15, -0.1) is 5.26 Å². The van der Waals surface area contributed by atoms with Crippen LogP contribution < -0.4 is 9.47 Å². The molecule has 0 saturated carbocycles. The summed E-state index contributed by atoms with van der Waals surface area (Å²) >= 11 is 0. The van der Waals surface area contributed by atoms with E-state index in [0.29, 0.717) is 5.88 Å². The molecular formula is C15H12F2N2O2. The molecule has 1 heterocycles. The largest absolute Gasteiger partial charge is 0.472 e. The number of benzene rings is 1. The molecule has 21 heavy (non-hydrogen) atoms. The van der Waals surface area contributed by atoms with Crippen molar-refractivity contribution in [2.75, 3.05) is 0 Å². The molecule has 0 aliphatic carbocycles. The predicted molar refractivity (Wildman–Crippen MR) is 70.9 cm³/mol. The van der Waals surface area contributed by atoms with Crippen LogP contribution in [0.5, 0.6) is 11.6 Å². The molecule has 0 N–H and O–H groups in total. The lowest BCUT2D eigenvalue weighted by atomic mass is 10.1. The lowest BCUT2D eigenvalue weighted by molar-refractivity contribution is 0.147. The number of aromatic nitrogens is 1. The maximum absolute atomic E-state index is 13.0. The first-order valence-electron chi connectivity index (χ1n) is 6.13. The average molecular weight is 290 g/mol. The summed E-state index contributed by atoms with van der Waals surface area (Å²) in [6.07, 6.45) is 0.349. The maximum atomic E-state index is 13.0. The Labute approximate surface area is 120 Å². The molecule has 108 valence electrons. The van der Waals surface area contributed by atoms with Crippen molar-refractivity contribution in [2.45, 2.75) is 20.0 Å². The topological polar surface area (TPSA) is 55.1 Å². The van der Waals surface area contributed by atoms with Crippen molar-refractivity contribution in [2.24, 2.45) is 0 Å². The van der Waals surface area contributed by atoms with Crippen molar-refractivity contribution in [1.29, 1.82) is 5.26 Å². The van der Waals surface area contributed by atoms with E-state index >= 15 is 0 Å². The third-order valence-electron chi connectivity index (χ3n) is 2.87. The fraction of sp³-hybridized carbons (Fsp3) is 0.200. The SMILES string of the molecule is Cc1cccnc1OCc1c(OC#N)cccc1C(F)F. The Balaban J connectivity index is 2.30. The van der Waals surface area contributed by atoms with Crippen molar-refractivity contribution in [1.82, 2.24) is 4.98 Å². The first kappa shape index (κ1) is 14.7. The maximum Gasteiger partial charge on any atom is 0.292 e. The number of rotatable bonds is 5. The summed E-state index contributed by atoms with van der Waals surface area (Å²) < 4.78 is 36.3. The van der Waals surface area contributed by atoms with E-state index in [4.69, 9.17) is 14.7 Å². The molecule has 0 spiro atoms. The fourth-order valence-corrected chi connectivity index (χ4v) is 1.85. The summed E-state index contributed by atoms with van der Waals surface area (Å²) in [5.41, 5.74) is 0.699. The molecule has 1 aromatic carbocycles. The summed E-state index contributed by atoms with van der Waals surface area (Å²) in [6, 6.07) is 7.68. The van der Waals surface area contributed by atoms with Gasteiger partial charge >= 0.3 is 0 Å². The smallest absolute Gasteiger partial charge is 0.292 e. The van der Waals surface area contributed by atoms with E-state index < -0.39 is 6.43 Å². The minimum atomic E-state index is -2.68. The van der Waals surface area contributed by atoms with Crippen LogP contribution in [0.15, 0.2) is 36.5 Å². The van der Waals surface area contributed by atoms with Crippen LogP contribution in [-0.4, -0.2) is 4.98 Å². The summed E-state index contributed by atoms with van der Waals surface area (Å²) in [6.45, 7) is 1.64. The van der Waals surface area contributed by atoms with Crippen molar-refractivity contribution in [3.63, 3.8) is 0 Å². The van der Waals surface area contributed by atoms with Gasteiger partial charge in [0.1, 0.15) is 12.4 Å². The first-order chi connectivity index (χ1) is 10.1. The number of aryl methyl sites for hydroxylation is 1. The zero-order valence-corrected chi connectivity index (χ0v) is 11.2. The Hall–Kier alpha value is -2.68. The molecule has 0 fully saturated rings. The van der Waals surface area contributed by atoms with Gasteiger partial charge in [0.15, 0.2) is 0 Å². The molecule has 2 aromatic rings. The van der Waals surface area contributed by atoms with Gasteiger partial charge in [0.25, 0.3) is 12.7 Å². The first-order valence-corrected chi connectivity index (χ1v) is 6.13. The lowest BCUT2D eigenvalue weighted by Crippen LogP contribution is -2.05. The van der Waals surface area contributed by atoms with Crippen molar-refractivity contribution < 1.29 is 18.3 Å². The Morgan fingerprint density at radius 1 is 1.29 bits per heavy atom. The van der Waals surface area contributed by atoms with E-state index in [2.05, 4.69) is 4.98 Å². The van der Waals surface area contributed by atoms with Gasteiger partial charge in [0.2, 0.25) is 5.88 Å². The van der Waals surface area contributed by atoms with Gasteiger partial charge in [0, 0.05) is 22.9 Å². The second kappa shape index (κ2) is 6.66. The molecule has 0 saturated heterocycles. The summed E-state index contributed by atoms with van der Waals surface area (Å²) in [5, 5.41) is 8.59. The molecule has 1 aromatic heterocycles. The molecule has 6 heteroatoms. The molecule has 0 amide bonds. The van der Waals surface area contributed by atoms with Gasteiger partial charge in [-0.3, -0.25) is 0 Å². The third-order valence-corrected chi connectivity index (χ3v) is 2.87. The van der Waals surface area contributed by atoms with Crippen molar-refractivity contribution >= 4 is 0 Å². The molecule has 0 radical (unpaired) electrons. The van der Waals surface area contributed by atoms with Crippen LogP contribution in [-0.2, 0) is 6.61 Å². The number of nitrogens with zero attached hydrogens (tertiary/aromatic N) is 2. The van der Waals surface area contributed by atoms with Gasteiger partial charge in [-0.2, -0.15) is 0 Å². The van der Waals surface area contributed by atoms with Gasteiger partial charge in [-0.05, 0) is 19.1 Å². The number of alkyl halides is 2. The summed E-state index contributed by atoms with van der Waals surface area (Å²) in [5.74, 6) is 0.411. The zero-order chi connectivity index (χ0) is 15.2. The van der Waals surface area contributed by atoms with Crippen LogP contribution in [0.1, 0.15) is 23.1 Å². The number of ether oxygens (including phenoxy) is 2. The summed E-state index contributed by atoms with van der Waals surface area (Å²) in [7, 11) is 0. The second-order valence-corrected chi connectivity index (χ2v) is 4.23. The third kappa shape index (κ3) is 3.45. The van der Waals surface area contributed by atoms with E-state index in [9.17, 15) is 8.78 Å². The van der Waals surface area contributed by atoms with E-state index in [1.54, 1.807) is 25.3 Å². The zero-order valence-electron chi connectivity index (χ0n) is 11.2. The number of halogens is 2. The predicted octanol–water partition coefficient (Wildman–Crippen LogP) is 3.77. The Kier molecular flexibility index (Phi) is 4.67. The number of hydrogen-bond acceptors (Lipinski definition) is 4. The quantitative estimate of drug-likeness (QED) is 0.787. The van der Waals surface area contributed by atoms with Gasteiger partial charge < -0.3 is 9.47 Å². The molecule has 0 aliphatic heterocycles. The van der Waals surface area contributed by atoms with E-state index in [0.717, 1.165) is 5.56 Å². The average Bonchev–Trinajstić information content (AvgIpc) is 2.47. The highest BCUT2D eigenvalue weighted by Gasteiger charge is 2.18. The molecule has 0 atom stereocenters. The number of pyridine rings is 1. The molecule has 0 bridgehead atoms. The molecule has 2 rings (SSSR count). The van der Waals surface area contributed by atoms with E-state index in [1.165, 1.54) is 24.5 Å². The van der Waals surface area contributed by atoms with Crippen molar-refractivity contribution in [3.05, 3.63) is 53.2 Å². The molecule has 4 nitrogen and oxygen atoms in total. The van der Waals surface area contributed by atoms with Crippen LogP contribution >= 0.6 is 0 Å². The van der Waals surface area contributed by atoms with Crippen LogP contribution in [0.25, 0.3) is 0 Å². The van der Waals surface area contributed by atoms with Crippen LogP contribution in [0.2, 0.25) is 0 Å². The van der Waals surface area contributed by atoms with E-state index in [1.807, 2.05) is 0 Å². The van der Waals surface area contributed by atoms with Gasteiger partial charge in [-0.1, -0.05) is 18.2 Å². The van der Waals surface area contributed by atoms with Gasteiger partial charge in [-0.25, -0.2) is 13.8 Å². The van der Waals surface area contributed by atoms with Gasteiger partial charge in [0.05, 0.1) is 0 Å². The molecular weight excluding hydrogens is 278 g/mol. The van der Waals surface area contributed by atoms with Crippen LogP contribution in [0.4, 0.5) is 8.78 Å². The lowest BCUT2D eigenvalue weighted by Gasteiger charge is -2.13. The normalized spacial score (nSPS) is 10.2. The molecule has 0 aliphatic rings. The minimum absolute atomic E-state index is 0.0592. The highest BCUT2D eigenvalue weighted by Crippen LogP contribution is 2.31. The highest BCUT2D eigenvalue weighted by atomic mass is 19.3. The Bertz CT molecular complexity index is 669. The van der Waals surface area contributed by atoms with Crippen molar-refractivity contribution in [3.8, 4) is 17.9 Å². The number of hydrogen-bond donors (Lipinski definition) is 0. The fourth-order valence-electron chi connectivity index (χ4n) is 1.85. The molecule has 0 unspecified atom stereocenters. The standard InChI is InChI=1S/C15H12F2N2O2/c1-10-4-3-7-19-15(10)20-8-12-11(14(16)17)5-2-6-13(12)21-9-18/h2-7,14H,8H2,1H3. The second-order valence-electron chi connectivity index (χ2n) is 4.23. The Morgan fingerprint density at radius 2 is 2.10 bits per heavy atom. The Morgan fingerprint density at radius 3 is 2.76 bits per heavy atom. The minimum Gasteiger partial charge on any atom is -0.472 e. The van der Waals surface area contributed by atoms with Crippen LogP contribution in [0.3, 0.4) is 0 Å². The summed E-state index contributed by atoms with van der Waals surface area (Å²) in [4.78, 5) is 4.03.